The highest BCUT2D eigenvalue weighted by atomic mass is 79.9. The Bertz CT molecular complexity index is 687. The Kier molecular flexibility index (Phi) is 6.06. The standard InChI is InChI=1S/C16H19BrF3N3O/c1-10(13-5-4-12(17)6-14(13)16(18,19)20)22-15(9-24-3)11-7-21-23(2)8-11/h4-8,10,15,22H,9H2,1-3H3. The average molecular weight is 406 g/mol. The van der Waals surface area contributed by atoms with Gasteiger partial charge in [-0.1, -0.05) is 22.0 Å². The molecule has 0 aliphatic carbocycles. The van der Waals surface area contributed by atoms with E-state index in [0.29, 0.717) is 11.1 Å². The van der Waals surface area contributed by atoms with Gasteiger partial charge >= 0.3 is 6.18 Å². The van der Waals surface area contributed by atoms with E-state index in [9.17, 15) is 13.2 Å². The molecule has 24 heavy (non-hydrogen) atoms. The smallest absolute Gasteiger partial charge is 0.383 e. The predicted octanol–water partition coefficient (Wildman–Crippen LogP) is 4.24. The lowest BCUT2D eigenvalue weighted by Gasteiger charge is -2.25. The van der Waals surface area contributed by atoms with E-state index >= 15 is 0 Å². The number of hydrogen-bond acceptors (Lipinski definition) is 3. The quantitative estimate of drug-likeness (QED) is 0.780. The van der Waals surface area contributed by atoms with Gasteiger partial charge in [0.15, 0.2) is 0 Å². The van der Waals surface area contributed by atoms with Crippen molar-refractivity contribution in [3.8, 4) is 0 Å². The Balaban J connectivity index is 2.29. The molecule has 0 radical (unpaired) electrons. The zero-order chi connectivity index (χ0) is 17.9. The van der Waals surface area contributed by atoms with Crippen LogP contribution in [0.1, 0.15) is 35.7 Å². The van der Waals surface area contributed by atoms with Gasteiger partial charge in [-0.3, -0.25) is 4.68 Å². The molecule has 0 amide bonds. The third kappa shape index (κ3) is 4.58. The van der Waals surface area contributed by atoms with Crippen LogP contribution in [0.3, 0.4) is 0 Å². The molecule has 0 fully saturated rings. The molecule has 8 heteroatoms. The molecule has 2 atom stereocenters. The van der Waals surface area contributed by atoms with Gasteiger partial charge in [-0.2, -0.15) is 18.3 Å². The minimum absolute atomic E-state index is 0.190. The van der Waals surface area contributed by atoms with Crippen LogP contribution in [0.25, 0.3) is 0 Å². The third-order valence-electron chi connectivity index (χ3n) is 3.70. The number of ether oxygens (including phenoxy) is 1. The second-order valence-electron chi connectivity index (χ2n) is 5.57. The number of nitrogens with one attached hydrogen (secondary N) is 1. The van der Waals surface area contributed by atoms with Gasteiger partial charge in [-0.15, -0.1) is 0 Å². The van der Waals surface area contributed by atoms with Crippen molar-refractivity contribution in [3.63, 3.8) is 0 Å². The van der Waals surface area contributed by atoms with E-state index in [2.05, 4.69) is 26.3 Å². The number of aryl methyl sites for hydroxylation is 1. The van der Waals surface area contributed by atoms with Gasteiger partial charge in [0.1, 0.15) is 0 Å². The van der Waals surface area contributed by atoms with Crippen molar-refractivity contribution < 1.29 is 17.9 Å². The molecule has 1 N–H and O–H groups in total. The Morgan fingerprint density at radius 1 is 1.38 bits per heavy atom. The first-order chi connectivity index (χ1) is 11.2. The maximum atomic E-state index is 13.3. The van der Waals surface area contributed by atoms with Crippen molar-refractivity contribution in [1.29, 1.82) is 0 Å². The van der Waals surface area contributed by atoms with Gasteiger partial charge < -0.3 is 10.1 Å². The highest BCUT2D eigenvalue weighted by Gasteiger charge is 2.35. The summed E-state index contributed by atoms with van der Waals surface area (Å²) in [6.07, 6.45) is -0.925. The first-order valence-corrected chi connectivity index (χ1v) is 8.12. The molecule has 0 saturated carbocycles. The molecule has 1 heterocycles. The number of methoxy groups -OCH3 is 1. The van der Waals surface area contributed by atoms with Crippen LogP contribution in [0.4, 0.5) is 13.2 Å². The molecule has 132 valence electrons. The molecule has 1 aromatic heterocycles. The lowest BCUT2D eigenvalue weighted by molar-refractivity contribution is -0.138. The minimum Gasteiger partial charge on any atom is -0.383 e. The van der Waals surface area contributed by atoms with Crippen molar-refractivity contribution in [1.82, 2.24) is 15.1 Å². The van der Waals surface area contributed by atoms with Gasteiger partial charge in [-0.05, 0) is 24.6 Å². The van der Waals surface area contributed by atoms with E-state index in [-0.39, 0.29) is 11.6 Å². The van der Waals surface area contributed by atoms with E-state index in [0.717, 1.165) is 11.6 Å². The van der Waals surface area contributed by atoms with Crippen molar-refractivity contribution in [2.45, 2.75) is 25.2 Å². The predicted molar refractivity (Wildman–Crippen MR) is 88.5 cm³/mol. The van der Waals surface area contributed by atoms with E-state index in [1.807, 2.05) is 6.20 Å². The fourth-order valence-corrected chi connectivity index (χ4v) is 2.93. The summed E-state index contributed by atoms with van der Waals surface area (Å²) >= 11 is 3.10. The van der Waals surface area contributed by atoms with Crippen LogP contribution in [0.5, 0.6) is 0 Å². The molecular formula is C16H19BrF3N3O. The van der Waals surface area contributed by atoms with Crippen LogP contribution in [0.2, 0.25) is 0 Å². The minimum atomic E-state index is -4.42. The number of benzene rings is 1. The number of hydrogen-bond donors (Lipinski definition) is 1. The van der Waals surface area contributed by atoms with Crippen molar-refractivity contribution >= 4 is 15.9 Å². The maximum absolute atomic E-state index is 13.3. The van der Waals surface area contributed by atoms with Crippen LogP contribution in [0.15, 0.2) is 35.1 Å². The van der Waals surface area contributed by atoms with E-state index in [4.69, 9.17) is 4.74 Å². The molecule has 2 aromatic rings. The molecule has 0 saturated heterocycles. The van der Waals surface area contributed by atoms with Crippen molar-refractivity contribution in [2.24, 2.45) is 7.05 Å². The normalized spacial score (nSPS) is 14.6. The molecule has 2 rings (SSSR count). The number of halogens is 4. The van der Waals surface area contributed by atoms with E-state index in [1.165, 1.54) is 6.07 Å². The zero-order valence-corrected chi connectivity index (χ0v) is 15.1. The van der Waals surface area contributed by atoms with E-state index < -0.39 is 17.8 Å². The number of rotatable bonds is 6. The molecule has 0 spiro atoms. The Labute approximate surface area is 147 Å². The lowest BCUT2D eigenvalue weighted by atomic mass is 9.99. The topological polar surface area (TPSA) is 39.1 Å². The summed E-state index contributed by atoms with van der Waals surface area (Å²) in [6, 6.07) is 3.41. The summed E-state index contributed by atoms with van der Waals surface area (Å²) in [4.78, 5) is 0. The molecular weight excluding hydrogens is 387 g/mol. The monoisotopic (exact) mass is 405 g/mol. The zero-order valence-electron chi connectivity index (χ0n) is 13.6. The number of nitrogens with zero attached hydrogens (tertiary/aromatic N) is 2. The summed E-state index contributed by atoms with van der Waals surface area (Å²) in [7, 11) is 3.34. The molecule has 2 unspecified atom stereocenters. The summed E-state index contributed by atoms with van der Waals surface area (Å²) in [5, 5.41) is 7.31. The SMILES string of the molecule is COCC(NC(C)c1ccc(Br)cc1C(F)(F)F)c1cnn(C)c1. The van der Waals surface area contributed by atoms with Gasteiger partial charge in [0.25, 0.3) is 0 Å². The summed E-state index contributed by atoms with van der Waals surface area (Å²) in [6.45, 7) is 2.03. The van der Waals surface area contributed by atoms with Crippen LogP contribution in [0, 0.1) is 0 Å². The third-order valence-corrected chi connectivity index (χ3v) is 4.19. The van der Waals surface area contributed by atoms with Crippen LogP contribution < -0.4 is 5.32 Å². The molecule has 0 aliphatic heterocycles. The first kappa shape index (κ1) is 19.0. The molecule has 0 aliphatic rings. The average Bonchev–Trinajstić information content (AvgIpc) is 2.92. The molecule has 1 aromatic carbocycles. The van der Waals surface area contributed by atoms with Gasteiger partial charge in [0.05, 0.1) is 24.4 Å². The second-order valence-corrected chi connectivity index (χ2v) is 6.49. The van der Waals surface area contributed by atoms with Gasteiger partial charge in [-0.25, -0.2) is 0 Å². The summed E-state index contributed by atoms with van der Waals surface area (Å²) in [5.74, 6) is 0. The first-order valence-electron chi connectivity index (χ1n) is 7.32. The maximum Gasteiger partial charge on any atom is 0.416 e. The Morgan fingerprint density at radius 3 is 2.62 bits per heavy atom. The van der Waals surface area contributed by atoms with Crippen molar-refractivity contribution in [3.05, 3.63) is 51.8 Å². The fraction of sp³-hybridized carbons (Fsp3) is 0.438. The summed E-state index contributed by atoms with van der Waals surface area (Å²) < 4.78 is 47.2. The van der Waals surface area contributed by atoms with Gasteiger partial charge in [0.2, 0.25) is 0 Å². The summed E-state index contributed by atoms with van der Waals surface area (Å²) in [5.41, 5.74) is 0.395. The molecule has 4 nitrogen and oxygen atoms in total. The molecule has 0 bridgehead atoms. The van der Waals surface area contributed by atoms with E-state index in [1.54, 1.807) is 38.0 Å². The fourth-order valence-electron chi connectivity index (χ4n) is 2.57. The lowest BCUT2D eigenvalue weighted by Crippen LogP contribution is -2.29. The second kappa shape index (κ2) is 7.67. The Hall–Kier alpha value is -1.38. The largest absolute Gasteiger partial charge is 0.416 e. The Morgan fingerprint density at radius 2 is 2.08 bits per heavy atom. The van der Waals surface area contributed by atoms with Crippen LogP contribution >= 0.6 is 15.9 Å². The number of aromatic nitrogens is 2. The highest BCUT2D eigenvalue weighted by molar-refractivity contribution is 9.10. The van der Waals surface area contributed by atoms with Crippen molar-refractivity contribution in [2.75, 3.05) is 13.7 Å². The highest BCUT2D eigenvalue weighted by Crippen LogP contribution is 2.36. The van der Waals surface area contributed by atoms with Gasteiger partial charge in [0, 0.05) is 36.4 Å². The van der Waals surface area contributed by atoms with Crippen LogP contribution in [-0.2, 0) is 18.0 Å². The van der Waals surface area contributed by atoms with Crippen LogP contribution in [-0.4, -0.2) is 23.5 Å². The number of alkyl halides is 3.